The van der Waals surface area contributed by atoms with Crippen LogP contribution < -0.4 is 9.62 Å². The van der Waals surface area contributed by atoms with E-state index in [-0.39, 0.29) is 18.5 Å². The molecule has 0 radical (unpaired) electrons. The fourth-order valence-electron chi connectivity index (χ4n) is 4.52. The van der Waals surface area contributed by atoms with Gasteiger partial charge in [-0.1, -0.05) is 68.1 Å². The SMILES string of the molecule is CCC(C(=O)NC1CCCCC1)N(Cc1ccccc1Cl)C(=O)CN(c1ccccc1Br)S(C)(=O)=O. The Balaban J connectivity index is 1.93. The Labute approximate surface area is 227 Å². The summed E-state index contributed by atoms with van der Waals surface area (Å²) in [6.07, 6.45) is 6.58. The Hall–Kier alpha value is -2.10. The van der Waals surface area contributed by atoms with E-state index in [2.05, 4.69) is 21.2 Å². The predicted molar refractivity (Wildman–Crippen MR) is 147 cm³/mol. The lowest BCUT2D eigenvalue weighted by molar-refractivity contribution is -0.140. The van der Waals surface area contributed by atoms with Gasteiger partial charge in [0, 0.05) is 22.1 Å². The number of nitrogens with zero attached hydrogens (tertiary/aromatic N) is 2. The molecule has 1 aliphatic carbocycles. The predicted octanol–water partition coefficient (Wildman–Crippen LogP) is 5.12. The van der Waals surface area contributed by atoms with Crippen LogP contribution in [0.5, 0.6) is 0 Å². The molecule has 0 aliphatic heterocycles. The molecule has 10 heteroatoms. The molecule has 0 aromatic heterocycles. The number of halogens is 2. The van der Waals surface area contributed by atoms with E-state index < -0.39 is 28.5 Å². The second-order valence-electron chi connectivity index (χ2n) is 9.10. The van der Waals surface area contributed by atoms with Crippen LogP contribution in [0.1, 0.15) is 51.0 Å². The Bertz CT molecular complexity index is 1170. The van der Waals surface area contributed by atoms with Crippen molar-refractivity contribution in [1.82, 2.24) is 10.2 Å². The first-order chi connectivity index (χ1) is 17.1. The lowest BCUT2D eigenvalue weighted by atomic mass is 9.95. The summed E-state index contributed by atoms with van der Waals surface area (Å²) in [5.41, 5.74) is 1.04. The van der Waals surface area contributed by atoms with E-state index >= 15 is 0 Å². The highest BCUT2D eigenvalue weighted by atomic mass is 79.9. The summed E-state index contributed by atoms with van der Waals surface area (Å²) < 4.78 is 27.1. The lowest BCUT2D eigenvalue weighted by Crippen LogP contribution is -2.54. The summed E-state index contributed by atoms with van der Waals surface area (Å²) in [4.78, 5) is 28.6. The number of hydrogen-bond acceptors (Lipinski definition) is 4. The third-order valence-corrected chi connectivity index (χ3v) is 8.60. The van der Waals surface area contributed by atoms with E-state index in [0.29, 0.717) is 27.2 Å². The molecule has 3 rings (SSSR count). The Morgan fingerprint density at radius 2 is 1.72 bits per heavy atom. The van der Waals surface area contributed by atoms with E-state index in [1.807, 2.05) is 13.0 Å². The fraction of sp³-hybridized carbons (Fsp3) is 0.462. The van der Waals surface area contributed by atoms with Gasteiger partial charge in [0.25, 0.3) is 0 Å². The van der Waals surface area contributed by atoms with Gasteiger partial charge in [-0.15, -0.1) is 0 Å². The number of para-hydroxylation sites is 1. The van der Waals surface area contributed by atoms with Crippen LogP contribution in [-0.2, 0) is 26.2 Å². The zero-order valence-electron chi connectivity index (χ0n) is 20.6. The molecule has 1 unspecified atom stereocenters. The van der Waals surface area contributed by atoms with E-state index in [1.165, 1.54) is 4.90 Å². The number of rotatable bonds is 10. The maximum atomic E-state index is 13.8. The first-order valence-corrected chi connectivity index (χ1v) is 15.2. The van der Waals surface area contributed by atoms with Crippen LogP contribution in [0.15, 0.2) is 53.0 Å². The molecule has 2 aromatic carbocycles. The number of benzene rings is 2. The van der Waals surface area contributed by atoms with E-state index in [9.17, 15) is 18.0 Å². The molecule has 0 spiro atoms. The summed E-state index contributed by atoms with van der Waals surface area (Å²) in [7, 11) is -3.80. The van der Waals surface area contributed by atoms with Crippen molar-refractivity contribution in [2.75, 3.05) is 17.1 Å². The molecule has 2 aromatic rings. The molecule has 1 N–H and O–H groups in total. The van der Waals surface area contributed by atoms with Crippen molar-refractivity contribution in [1.29, 1.82) is 0 Å². The maximum Gasteiger partial charge on any atom is 0.244 e. The van der Waals surface area contributed by atoms with Crippen LogP contribution in [0.3, 0.4) is 0 Å². The Kier molecular flexibility index (Phi) is 10.2. The van der Waals surface area contributed by atoms with Gasteiger partial charge in [0.15, 0.2) is 0 Å². The third-order valence-electron chi connectivity index (χ3n) is 6.44. The minimum absolute atomic E-state index is 0.0860. The molecule has 1 fully saturated rings. The molecule has 1 saturated carbocycles. The van der Waals surface area contributed by atoms with Gasteiger partial charge in [0.2, 0.25) is 21.8 Å². The number of amides is 2. The normalized spacial score (nSPS) is 15.2. The van der Waals surface area contributed by atoms with E-state index in [0.717, 1.165) is 42.7 Å². The van der Waals surface area contributed by atoms with E-state index in [4.69, 9.17) is 11.6 Å². The van der Waals surface area contributed by atoms with Crippen LogP contribution in [0.2, 0.25) is 5.02 Å². The highest BCUT2D eigenvalue weighted by molar-refractivity contribution is 9.10. The zero-order valence-corrected chi connectivity index (χ0v) is 23.8. The van der Waals surface area contributed by atoms with Crippen LogP contribution >= 0.6 is 27.5 Å². The average Bonchev–Trinajstić information content (AvgIpc) is 2.84. The first kappa shape index (κ1) is 28.5. The molecule has 1 atom stereocenters. The summed E-state index contributed by atoms with van der Waals surface area (Å²) >= 11 is 9.79. The zero-order chi connectivity index (χ0) is 26.3. The molecule has 196 valence electrons. The minimum Gasteiger partial charge on any atom is -0.352 e. The summed E-state index contributed by atoms with van der Waals surface area (Å²) in [6.45, 7) is 1.49. The van der Waals surface area contributed by atoms with Crippen molar-refractivity contribution in [3.63, 3.8) is 0 Å². The fourth-order valence-corrected chi connectivity index (χ4v) is 6.20. The van der Waals surface area contributed by atoms with Crippen molar-refractivity contribution in [3.05, 3.63) is 63.6 Å². The number of anilines is 1. The number of nitrogens with one attached hydrogen (secondary N) is 1. The molecule has 7 nitrogen and oxygen atoms in total. The standard InChI is InChI=1S/C26H33BrClN3O4S/c1-3-23(26(33)29-20-12-5-4-6-13-20)30(17-19-11-7-9-15-22(19)28)25(32)18-31(36(2,34)35)24-16-10-8-14-21(24)27/h7-11,14-16,20,23H,3-6,12-13,17-18H2,1-2H3,(H,29,33). The number of sulfonamides is 1. The topological polar surface area (TPSA) is 86.8 Å². The van der Waals surface area contributed by atoms with E-state index in [1.54, 1.807) is 42.5 Å². The van der Waals surface area contributed by atoms with Gasteiger partial charge in [0.1, 0.15) is 12.6 Å². The smallest absolute Gasteiger partial charge is 0.244 e. The van der Waals surface area contributed by atoms with Gasteiger partial charge in [-0.2, -0.15) is 0 Å². The second kappa shape index (κ2) is 12.9. The summed E-state index contributed by atoms with van der Waals surface area (Å²) in [5, 5.41) is 3.60. The highest BCUT2D eigenvalue weighted by Crippen LogP contribution is 2.28. The van der Waals surface area contributed by atoms with Crippen molar-refractivity contribution >= 4 is 55.1 Å². The molecule has 2 amide bonds. The summed E-state index contributed by atoms with van der Waals surface area (Å²) in [5.74, 6) is -0.710. The Morgan fingerprint density at radius 1 is 1.08 bits per heavy atom. The van der Waals surface area contributed by atoms with Crippen molar-refractivity contribution in [3.8, 4) is 0 Å². The van der Waals surface area contributed by atoms with Crippen LogP contribution in [0.25, 0.3) is 0 Å². The average molecular weight is 599 g/mol. The van der Waals surface area contributed by atoms with Crippen molar-refractivity contribution < 1.29 is 18.0 Å². The first-order valence-electron chi connectivity index (χ1n) is 12.2. The van der Waals surface area contributed by atoms with Gasteiger partial charge >= 0.3 is 0 Å². The van der Waals surface area contributed by atoms with Crippen LogP contribution in [-0.4, -0.2) is 50.0 Å². The molecular weight excluding hydrogens is 566 g/mol. The van der Waals surface area contributed by atoms with Crippen LogP contribution in [0, 0.1) is 0 Å². The molecule has 0 saturated heterocycles. The monoisotopic (exact) mass is 597 g/mol. The van der Waals surface area contributed by atoms with Gasteiger partial charge in [-0.3, -0.25) is 13.9 Å². The van der Waals surface area contributed by atoms with Gasteiger partial charge in [-0.05, 0) is 59.0 Å². The van der Waals surface area contributed by atoms with Crippen molar-refractivity contribution in [2.24, 2.45) is 0 Å². The quantitative estimate of drug-likeness (QED) is 0.411. The number of hydrogen-bond donors (Lipinski definition) is 1. The van der Waals surface area contributed by atoms with Gasteiger partial charge < -0.3 is 10.2 Å². The van der Waals surface area contributed by atoms with Gasteiger partial charge in [0.05, 0.1) is 11.9 Å². The largest absolute Gasteiger partial charge is 0.352 e. The third kappa shape index (κ3) is 7.46. The molecule has 0 heterocycles. The minimum atomic E-state index is -3.80. The van der Waals surface area contributed by atoms with Crippen molar-refractivity contribution in [2.45, 2.75) is 64.1 Å². The highest BCUT2D eigenvalue weighted by Gasteiger charge is 2.33. The second-order valence-corrected chi connectivity index (χ2v) is 12.3. The molecule has 0 bridgehead atoms. The summed E-state index contributed by atoms with van der Waals surface area (Å²) in [6, 6.07) is 13.3. The number of carbonyl (C=O) groups excluding carboxylic acids is 2. The van der Waals surface area contributed by atoms with Crippen LogP contribution in [0.4, 0.5) is 5.69 Å². The van der Waals surface area contributed by atoms with Gasteiger partial charge in [-0.25, -0.2) is 8.42 Å². The molecule has 36 heavy (non-hydrogen) atoms. The molecule has 1 aliphatic rings. The number of carbonyl (C=O) groups is 2. The Morgan fingerprint density at radius 3 is 2.33 bits per heavy atom. The maximum absolute atomic E-state index is 13.8. The molecular formula is C26H33BrClN3O4S. The lowest BCUT2D eigenvalue weighted by Gasteiger charge is -2.34.